The number of benzene rings is 1. The molecule has 0 aliphatic carbocycles. The normalized spacial score (nSPS) is 9.40. The summed E-state index contributed by atoms with van der Waals surface area (Å²) in [6, 6.07) is 7.47. The molecule has 0 aliphatic heterocycles. The summed E-state index contributed by atoms with van der Waals surface area (Å²) in [7, 11) is 1.74. The summed E-state index contributed by atoms with van der Waals surface area (Å²) < 4.78 is 0. The van der Waals surface area contributed by atoms with Gasteiger partial charge in [0.25, 0.3) is 0 Å². The second kappa shape index (κ2) is 4.47. The van der Waals surface area contributed by atoms with Crippen LogP contribution in [0.25, 0.3) is 0 Å². The fraction of sp³-hybridized carbons (Fsp3) is 0.273. The Morgan fingerprint density at radius 3 is 2.73 bits per heavy atom. The lowest BCUT2D eigenvalue weighted by Gasteiger charge is -2.20. The molecule has 0 radical (unpaired) electrons. The van der Waals surface area contributed by atoms with Gasteiger partial charge in [0, 0.05) is 12.7 Å². The second-order valence-corrected chi connectivity index (χ2v) is 3.25. The van der Waals surface area contributed by atoms with Crippen LogP contribution in [0.1, 0.15) is 18.1 Å². The highest BCUT2D eigenvalue weighted by Crippen LogP contribution is 2.21. The molecule has 0 aromatic heterocycles. The van der Waals surface area contributed by atoms with Gasteiger partial charge >= 0.3 is 0 Å². The second-order valence-electron chi connectivity index (χ2n) is 3.25. The summed E-state index contributed by atoms with van der Waals surface area (Å²) in [5, 5.41) is 16.1. The summed E-state index contributed by atoms with van der Waals surface area (Å²) in [6.45, 7) is 2.01. The molecule has 0 spiro atoms. The zero-order valence-corrected chi connectivity index (χ0v) is 8.91. The molecule has 4 heteroatoms. The molecule has 0 heterocycles. The van der Waals surface area contributed by atoms with Crippen molar-refractivity contribution in [3.05, 3.63) is 29.3 Å². The first kappa shape index (κ1) is 11.1. The van der Waals surface area contributed by atoms with Gasteiger partial charge in [-0.25, -0.2) is 0 Å². The highest BCUT2D eigenvalue weighted by atomic mass is 15.2. The third kappa shape index (κ3) is 2.26. The Hall–Kier alpha value is -2.02. The van der Waals surface area contributed by atoms with Crippen LogP contribution in [0.3, 0.4) is 0 Å². The minimum absolute atomic E-state index is 0.00518. The Kier molecular flexibility index (Phi) is 3.29. The third-order valence-corrected chi connectivity index (χ3v) is 2.31. The Labute approximate surface area is 89.4 Å². The molecule has 3 N–H and O–H groups in total. The number of nitriles is 1. The summed E-state index contributed by atoms with van der Waals surface area (Å²) in [5.74, 6) is -0.00518. The molecule has 0 atom stereocenters. The Balaban J connectivity index is 3.20. The van der Waals surface area contributed by atoms with E-state index in [2.05, 4.69) is 6.07 Å². The average molecular weight is 202 g/mol. The van der Waals surface area contributed by atoms with Gasteiger partial charge in [-0.05, 0) is 30.2 Å². The maximum atomic E-state index is 8.77. The maximum absolute atomic E-state index is 8.77. The van der Waals surface area contributed by atoms with Crippen LogP contribution in [0.5, 0.6) is 0 Å². The van der Waals surface area contributed by atoms with E-state index in [9.17, 15) is 0 Å². The zero-order chi connectivity index (χ0) is 11.4. The first-order valence-electron chi connectivity index (χ1n) is 4.71. The molecule has 0 unspecified atom stereocenters. The number of guanidine groups is 1. The van der Waals surface area contributed by atoms with Crippen molar-refractivity contribution in [2.24, 2.45) is 5.73 Å². The van der Waals surface area contributed by atoms with Crippen LogP contribution in [0.15, 0.2) is 18.2 Å². The van der Waals surface area contributed by atoms with E-state index in [0.29, 0.717) is 5.56 Å². The fourth-order valence-electron chi connectivity index (χ4n) is 1.40. The van der Waals surface area contributed by atoms with Crippen molar-refractivity contribution in [2.45, 2.75) is 13.3 Å². The van der Waals surface area contributed by atoms with Gasteiger partial charge in [-0.15, -0.1) is 0 Å². The van der Waals surface area contributed by atoms with Crippen LogP contribution < -0.4 is 10.6 Å². The maximum Gasteiger partial charge on any atom is 0.192 e. The van der Waals surface area contributed by atoms with Crippen LogP contribution in [0.2, 0.25) is 0 Å². The average Bonchev–Trinajstić information content (AvgIpc) is 2.27. The summed E-state index contributed by atoms with van der Waals surface area (Å²) >= 11 is 0. The van der Waals surface area contributed by atoms with E-state index in [1.807, 2.05) is 19.1 Å². The van der Waals surface area contributed by atoms with Gasteiger partial charge in [-0.2, -0.15) is 5.26 Å². The number of nitrogens with two attached hydrogens (primary N) is 1. The Bertz CT molecular complexity index is 417. The smallest absolute Gasteiger partial charge is 0.192 e. The lowest BCUT2D eigenvalue weighted by Crippen LogP contribution is -2.33. The molecule has 0 saturated heterocycles. The van der Waals surface area contributed by atoms with E-state index in [4.69, 9.17) is 16.4 Å². The number of nitrogens with zero attached hydrogens (tertiary/aromatic N) is 2. The highest BCUT2D eigenvalue weighted by molar-refractivity contribution is 5.92. The van der Waals surface area contributed by atoms with Crippen molar-refractivity contribution < 1.29 is 0 Å². The van der Waals surface area contributed by atoms with Crippen LogP contribution in [0, 0.1) is 16.7 Å². The third-order valence-electron chi connectivity index (χ3n) is 2.31. The van der Waals surface area contributed by atoms with Crippen molar-refractivity contribution in [1.29, 1.82) is 10.7 Å². The molecule has 0 amide bonds. The van der Waals surface area contributed by atoms with Crippen molar-refractivity contribution in [3.63, 3.8) is 0 Å². The highest BCUT2D eigenvalue weighted by Gasteiger charge is 2.08. The number of aryl methyl sites for hydroxylation is 1. The van der Waals surface area contributed by atoms with Crippen molar-refractivity contribution in [1.82, 2.24) is 0 Å². The van der Waals surface area contributed by atoms with E-state index in [1.165, 1.54) is 0 Å². The molecular weight excluding hydrogens is 188 g/mol. The van der Waals surface area contributed by atoms with Gasteiger partial charge in [-0.3, -0.25) is 5.41 Å². The molecule has 0 fully saturated rings. The molecule has 0 aliphatic rings. The molecule has 1 aromatic carbocycles. The number of rotatable bonds is 2. The van der Waals surface area contributed by atoms with Gasteiger partial charge < -0.3 is 10.6 Å². The predicted octanol–water partition coefficient (Wildman–Crippen LogP) is 1.45. The van der Waals surface area contributed by atoms with Gasteiger partial charge in [0.05, 0.1) is 11.6 Å². The van der Waals surface area contributed by atoms with E-state index in [0.717, 1.165) is 17.7 Å². The molecule has 78 valence electrons. The van der Waals surface area contributed by atoms with E-state index < -0.39 is 0 Å². The number of anilines is 1. The first-order chi connectivity index (χ1) is 7.10. The van der Waals surface area contributed by atoms with Crippen molar-refractivity contribution >= 4 is 11.6 Å². The lowest BCUT2D eigenvalue weighted by molar-refractivity contribution is 1.09. The van der Waals surface area contributed by atoms with Crippen LogP contribution in [-0.4, -0.2) is 13.0 Å². The summed E-state index contributed by atoms with van der Waals surface area (Å²) in [4.78, 5) is 1.60. The molecule has 0 saturated carbocycles. The predicted molar refractivity (Wildman–Crippen MR) is 60.9 cm³/mol. The number of hydrogen-bond acceptors (Lipinski definition) is 2. The largest absolute Gasteiger partial charge is 0.370 e. The number of hydrogen-bond donors (Lipinski definition) is 2. The van der Waals surface area contributed by atoms with Crippen LogP contribution >= 0.6 is 0 Å². The number of nitrogens with one attached hydrogen (secondary N) is 1. The van der Waals surface area contributed by atoms with E-state index in [1.54, 1.807) is 18.0 Å². The minimum atomic E-state index is -0.00518. The van der Waals surface area contributed by atoms with Gasteiger partial charge in [-0.1, -0.05) is 6.92 Å². The topological polar surface area (TPSA) is 76.9 Å². The van der Waals surface area contributed by atoms with Gasteiger partial charge in [0.15, 0.2) is 5.96 Å². The van der Waals surface area contributed by atoms with Crippen LogP contribution in [-0.2, 0) is 6.42 Å². The molecular formula is C11H14N4. The summed E-state index contributed by atoms with van der Waals surface area (Å²) in [5.41, 5.74) is 7.94. The summed E-state index contributed by atoms with van der Waals surface area (Å²) in [6.07, 6.45) is 0.808. The molecule has 0 bridgehead atoms. The molecule has 4 nitrogen and oxygen atoms in total. The SMILES string of the molecule is CCc1cc(C#N)ccc1N(C)C(=N)N. The van der Waals surface area contributed by atoms with E-state index in [-0.39, 0.29) is 5.96 Å². The van der Waals surface area contributed by atoms with E-state index >= 15 is 0 Å². The van der Waals surface area contributed by atoms with Crippen molar-refractivity contribution in [3.8, 4) is 6.07 Å². The van der Waals surface area contributed by atoms with Gasteiger partial charge in [0.1, 0.15) is 0 Å². The fourth-order valence-corrected chi connectivity index (χ4v) is 1.40. The molecule has 1 rings (SSSR count). The van der Waals surface area contributed by atoms with Gasteiger partial charge in [0.2, 0.25) is 0 Å². The standard InChI is InChI=1S/C11H14N4/c1-3-9-6-8(7-12)4-5-10(9)15(2)11(13)14/h4-6H,3H2,1-2H3,(H3,13,14). The lowest BCUT2D eigenvalue weighted by atomic mass is 10.1. The molecule has 1 aromatic rings. The minimum Gasteiger partial charge on any atom is -0.370 e. The Morgan fingerprint density at radius 2 is 2.27 bits per heavy atom. The quantitative estimate of drug-likeness (QED) is 0.563. The first-order valence-corrected chi connectivity index (χ1v) is 4.71. The van der Waals surface area contributed by atoms with Crippen molar-refractivity contribution in [2.75, 3.05) is 11.9 Å². The van der Waals surface area contributed by atoms with Crippen LogP contribution in [0.4, 0.5) is 5.69 Å². The zero-order valence-electron chi connectivity index (χ0n) is 8.91. The Morgan fingerprint density at radius 1 is 1.60 bits per heavy atom. The monoisotopic (exact) mass is 202 g/mol. The molecule has 15 heavy (non-hydrogen) atoms.